The summed E-state index contributed by atoms with van der Waals surface area (Å²) in [5.41, 5.74) is 0.861. The summed E-state index contributed by atoms with van der Waals surface area (Å²) in [5, 5.41) is 0. The van der Waals surface area contributed by atoms with Crippen LogP contribution in [-0.4, -0.2) is 12.6 Å². The summed E-state index contributed by atoms with van der Waals surface area (Å²) in [6, 6.07) is 7.73. The molecule has 0 N–H and O–H groups in total. The third-order valence-electron chi connectivity index (χ3n) is 1.91. The molecule has 1 amide bonds. The maximum absolute atomic E-state index is 11.3. The van der Waals surface area contributed by atoms with Crippen LogP contribution in [0.1, 0.15) is 0 Å². The minimum Gasteiger partial charge on any atom is -0.418 e. The van der Waals surface area contributed by atoms with Gasteiger partial charge in [0.2, 0.25) is 0 Å². The number of carbonyl (C=O) groups excluding carboxylic acids is 1. The number of halogens is 1. The summed E-state index contributed by atoms with van der Waals surface area (Å²) < 4.78 is 5.93. The van der Waals surface area contributed by atoms with E-state index < -0.39 is 0 Å². The lowest BCUT2D eigenvalue weighted by Crippen LogP contribution is -2.33. The molecule has 1 aromatic carbocycles. The standard InChI is InChI=1S/C10H8INO2/c11-8-2-4-9(5-3-8)12-6-1-7-14-10(12)13/h1-5,7H,6H2. The Balaban J connectivity index is 2.26. The van der Waals surface area contributed by atoms with Crippen molar-refractivity contribution in [3.05, 3.63) is 40.2 Å². The Kier molecular flexibility index (Phi) is 2.72. The van der Waals surface area contributed by atoms with Crippen LogP contribution in [0, 0.1) is 3.57 Å². The van der Waals surface area contributed by atoms with Crippen LogP contribution in [0.4, 0.5) is 10.5 Å². The average Bonchev–Trinajstić information content (AvgIpc) is 2.20. The number of hydrogen-bond donors (Lipinski definition) is 0. The minimum absolute atomic E-state index is 0.325. The molecule has 0 radical (unpaired) electrons. The smallest absolute Gasteiger partial charge is 0.418 e. The second kappa shape index (κ2) is 4.00. The average molecular weight is 301 g/mol. The molecular weight excluding hydrogens is 293 g/mol. The van der Waals surface area contributed by atoms with Crippen LogP contribution < -0.4 is 4.90 Å². The van der Waals surface area contributed by atoms with E-state index in [1.165, 1.54) is 6.26 Å². The Morgan fingerprint density at radius 2 is 2.00 bits per heavy atom. The number of amides is 1. The highest BCUT2D eigenvalue weighted by Gasteiger charge is 2.17. The van der Waals surface area contributed by atoms with Crippen molar-refractivity contribution in [1.29, 1.82) is 0 Å². The first-order valence-electron chi connectivity index (χ1n) is 4.16. The van der Waals surface area contributed by atoms with E-state index in [1.54, 1.807) is 11.0 Å². The molecule has 0 atom stereocenters. The van der Waals surface area contributed by atoms with Crippen LogP contribution in [0.3, 0.4) is 0 Å². The van der Waals surface area contributed by atoms with Gasteiger partial charge in [-0.05, 0) is 52.9 Å². The van der Waals surface area contributed by atoms with Crippen molar-refractivity contribution in [2.45, 2.75) is 0 Å². The fraction of sp³-hybridized carbons (Fsp3) is 0.100. The number of benzene rings is 1. The van der Waals surface area contributed by atoms with Gasteiger partial charge in [-0.3, -0.25) is 4.90 Å². The van der Waals surface area contributed by atoms with E-state index in [0.29, 0.717) is 6.54 Å². The summed E-state index contributed by atoms with van der Waals surface area (Å²) in [6.07, 6.45) is 2.90. The number of rotatable bonds is 1. The van der Waals surface area contributed by atoms with Gasteiger partial charge in [-0.25, -0.2) is 4.79 Å². The van der Waals surface area contributed by atoms with Gasteiger partial charge in [0, 0.05) is 9.26 Å². The summed E-state index contributed by atoms with van der Waals surface area (Å²) in [6.45, 7) is 0.569. The highest BCUT2D eigenvalue weighted by molar-refractivity contribution is 14.1. The largest absolute Gasteiger partial charge is 0.419 e. The number of cyclic esters (lactones) is 1. The van der Waals surface area contributed by atoms with Crippen LogP contribution in [0.25, 0.3) is 0 Å². The van der Waals surface area contributed by atoms with Crippen molar-refractivity contribution in [2.75, 3.05) is 11.4 Å². The van der Waals surface area contributed by atoms with Crippen LogP contribution in [-0.2, 0) is 4.74 Å². The number of anilines is 1. The van der Waals surface area contributed by atoms with Gasteiger partial charge >= 0.3 is 6.09 Å². The molecule has 0 saturated heterocycles. The first-order valence-corrected chi connectivity index (χ1v) is 5.24. The van der Waals surface area contributed by atoms with Gasteiger partial charge in [-0.15, -0.1) is 0 Å². The van der Waals surface area contributed by atoms with Gasteiger partial charge in [0.05, 0.1) is 12.8 Å². The normalized spacial score (nSPS) is 15.5. The van der Waals surface area contributed by atoms with Crippen LogP contribution in [0.5, 0.6) is 0 Å². The zero-order valence-corrected chi connectivity index (χ0v) is 9.47. The Morgan fingerprint density at radius 3 is 2.64 bits per heavy atom. The Hall–Kier alpha value is -1.04. The van der Waals surface area contributed by atoms with E-state index in [4.69, 9.17) is 4.74 Å². The van der Waals surface area contributed by atoms with Crippen molar-refractivity contribution in [2.24, 2.45) is 0 Å². The highest BCUT2D eigenvalue weighted by Crippen LogP contribution is 2.18. The fourth-order valence-electron chi connectivity index (χ4n) is 1.22. The molecular formula is C10H8INO2. The molecule has 0 fully saturated rings. The molecule has 1 aliphatic heterocycles. The molecule has 1 aliphatic rings. The van der Waals surface area contributed by atoms with Crippen LogP contribution in [0.15, 0.2) is 36.6 Å². The number of carbonyl (C=O) groups is 1. The third-order valence-corrected chi connectivity index (χ3v) is 2.63. The summed E-state index contributed by atoms with van der Waals surface area (Å²) in [5.74, 6) is 0. The van der Waals surface area contributed by atoms with E-state index in [-0.39, 0.29) is 6.09 Å². The van der Waals surface area contributed by atoms with E-state index in [2.05, 4.69) is 22.6 Å². The zero-order valence-electron chi connectivity index (χ0n) is 7.31. The second-order valence-electron chi connectivity index (χ2n) is 2.84. The molecule has 3 nitrogen and oxygen atoms in total. The Labute approximate surface area is 95.5 Å². The Bertz CT molecular complexity index is 372. The summed E-state index contributed by atoms with van der Waals surface area (Å²) in [4.78, 5) is 12.9. The minimum atomic E-state index is -0.325. The van der Waals surface area contributed by atoms with Crippen molar-refractivity contribution in [3.8, 4) is 0 Å². The molecule has 1 heterocycles. The second-order valence-corrected chi connectivity index (χ2v) is 4.09. The molecule has 1 aromatic rings. The van der Waals surface area contributed by atoms with Crippen molar-refractivity contribution in [3.63, 3.8) is 0 Å². The molecule has 0 spiro atoms. The number of ether oxygens (including phenoxy) is 1. The highest BCUT2D eigenvalue weighted by atomic mass is 127. The van der Waals surface area contributed by atoms with E-state index in [0.717, 1.165) is 9.26 Å². The predicted octanol–water partition coefficient (Wildman–Crippen LogP) is 2.76. The zero-order chi connectivity index (χ0) is 9.97. The van der Waals surface area contributed by atoms with Gasteiger partial charge in [-0.2, -0.15) is 0 Å². The lowest BCUT2D eigenvalue weighted by Gasteiger charge is -2.22. The van der Waals surface area contributed by atoms with Crippen LogP contribution >= 0.6 is 22.6 Å². The lowest BCUT2D eigenvalue weighted by molar-refractivity contribution is 0.190. The molecule has 0 aromatic heterocycles. The predicted molar refractivity (Wildman–Crippen MR) is 62.1 cm³/mol. The van der Waals surface area contributed by atoms with Gasteiger partial charge < -0.3 is 4.74 Å². The molecule has 0 saturated carbocycles. The van der Waals surface area contributed by atoms with Crippen molar-refractivity contribution < 1.29 is 9.53 Å². The topological polar surface area (TPSA) is 29.5 Å². The summed E-state index contributed by atoms with van der Waals surface area (Å²) in [7, 11) is 0. The fourth-order valence-corrected chi connectivity index (χ4v) is 1.58. The van der Waals surface area contributed by atoms with Gasteiger partial charge in [0.25, 0.3) is 0 Å². The number of hydrogen-bond acceptors (Lipinski definition) is 2. The molecule has 4 heteroatoms. The first kappa shape index (κ1) is 9.51. The monoisotopic (exact) mass is 301 g/mol. The Morgan fingerprint density at radius 1 is 1.29 bits per heavy atom. The maximum Gasteiger partial charge on any atom is 0.419 e. The van der Waals surface area contributed by atoms with Gasteiger partial charge in [-0.1, -0.05) is 0 Å². The third kappa shape index (κ3) is 1.89. The molecule has 72 valence electrons. The van der Waals surface area contributed by atoms with Gasteiger partial charge in [0.1, 0.15) is 0 Å². The van der Waals surface area contributed by atoms with Crippen LogP contribution in [0.2, 0.25) is 0 Å². The molecule has 2 rings (SSSR count). The molecule has 0 bridgehead atoms. The molecule has 14 heavy (non-hydrogen) atoms. The van der Waals surface area contributed by atoms with E-state index in [9.17, 15) is 4.79 Å². The first-order chi connectivity index (χ1) is 6.77. The summed E-state index contributed by atoms with van der Waals surface area (Å²) >= 11 is 2.22. The quantitative estimate of drug-likeness (QED) is 0.747. The van der Waals surface area contributed by atoms with Gasteiger partial charge in [0.15, 0.2) is 0 Å². The molecule has 0 unspecified atom stereocenters. The van der Waals surface area contributed by atoms with E-state index in [1.807, 2.05) is 24.3 Å². The number of nitrogens with zero attached hydrogens (tertiary/aromatic N) is 1. The molecule has 0 aliphatic carbocycles. The maximum atomic E-state index is 11.3. The van der Waals surface area contributed by atoms with E-state index >= 15 is 0 Å². The SMILES string of the molecule is O=C1OC=CCN1c1ccc(I)cc1. The van der Waals surface area contributed by atoms with Crippen molar-refractivity contribution >= 4 is 34.4 Å². The lowest BCUT2D eigenvalue weighted by atomic mass is 10.3. The van der Waals surface area contributed by atoms with Crippen molar-refractivity contribution in [1.82, 2.24) is 0 Å².